The average molecular weight is 569 g/mol. The van der Waals surface area contributed by atoms with E-state index in [1.807, 2.05) is 49.9 Å². The second kappa shape index (κ2) is 11.9. The molecule has 1 unspecified atom stereocenters. The lowest BCUT2D eigenvalue weighted by molar-refractivity contribution is 0.0531. The van der Waals surface area contributed by atoms with Gasteiger partial charge in [-0.25, -0.2) is 19.7 Å². The van der Waals surface area contributed by atoms with Gasteiger partial charge in [0.25, 0.3) is 0 Å². The number of nitrogens with one attached hydrogen (secondary N) is 2. The van der Waals surface area contributed by atoms with Crippen molar-refractivity contribution in [3.05, 3.63) is 57.7 Å². The first-order valence-corrected chi connectivity index (χ1v) is 10.8. The molecule has 3 heterocycles. The van der Waals surface area contributed by atoms with E-state index in [1.165, 1.54) is 11.3 Å². The molecule has 0 aliphatic heterocycles. The molecule has 0 radical (unpaired) electrons. The van der Waals surface area contributed by atoms with Crippen molar-refractivity contribution < 1.29 is 9.53 Å². The fourth-order valence-corrected chi connectivity index (χ4v) is 3.88. The molecule has 0 saturated carbocycles. The quantitative estimate of drug-likeness (QED) is 0.194. The average Bonchev–Trinajstić information content (AvgIpc) is 3.37. The van der Waals surface area contributed by atoms with Crippen LogP contribution in [-0.4, -0.2) is 45.1 Å². The van der Waals surface area contributed by atoms with E-state index in [2.05, 4.69) is 30.6 Å². The molecule has 0 fully saturated rings. The van der Waals surface area contributed by atoms with Crippen molar-refractivity contribution in [2.24, 2.45) is 4.99 Å². The fraction of sp³-hybridized carbons (Fsp3) is 0.381. The number of hydrogen-bond donors (Lipinski definition) is 2. The van der Waals surface area contributed by atoms with Crippen LogP contribution in [0.5, 0.6) is 0 Å². The molecule has 0 aliphatic rings. The highest BCUT2D eigenvalue weighted by Gasteiger charge is 2.20. The number of aromatic nitrogens is 4. The van der Waals surface area contributed by atoms with Crippen LogP contribution >= 0.6 is 35.3 Å². The Morgan fingerprint density at radius 3 is 2.69 bits per heavy atom. The number of esters is 1. The molecular formula is C21H28IN7O2S. The number of halogens is 1. The highest BCUT2D eigenvalue weighted by Crippen LogP contribution is 2.24. The van der Waals surface area contributed by atoms with Gasteiger partial charge >= 0.3 is 5.97 Å². The van der Waals surface area contributed by atoms with E-state index in [0.29, 0.717) is 29.7 Å². The number of pyridine rings is 1. The van der Waals surface area contributed by atoms with Gasteiger partial charge in [0.05, 0.1) is 18.3 Å². The highest BCUT2D eigenvalue weighted by atomic mass is 127. The molecule has 1 atom stereocenters. The molecule has 3 aromatic heterocycles. The zero-order valence-corrected chi connectivity index (χ0v) is 21.9. The third-order valence-corrected chi connectivity index (χ3v) is 5.88. The molecule has 0 saturated heterocycles. The van der Waals surface area contributed by atoms with Crippen molar-refractivity contribution in [2.45, 2.75) is 40.3 Å². The summed E-state index contributed by atoms with van der Waals surface area (Å²) in [4.78, 5) is 30.1. The number of carbonyl (C=O) groups excluding carboxylic acids is 1. The first kappa shape index (κ1) is 25.7. The lowest BCUT2D eigenvalue weighted by Gasteiger charge is -2.16. The molecule has 2 N–H and O–H groups in total. The normalized spacial score (nSPS) is 12.1. The van der Waals surface area contributed by atoms with Crippen molar-refractivity contribution in [2.75, 3.05) is 13.7 Å². The van der Waals surface area contributed by atoms with Gasteiger partial charge in [0.15, 0.2) is 5.96 Å². The lowest BCUT2D eigenvalue weighted by atomic mass is 10.3. The van der Waals surface area contributed by atoms with Crippen LogP contribution in [0.2, 0.25) is 0 Å². The molecule has 32 heavy (non-hydrogen) atoms. The topological polar surface area (TPSA) is 106 Å². The molecule has 3 aromatic rings. The van der Waals surface area contributed by atoms with Crippen molar-refractivity contribution in [3.63, 3.8) is 0 Å². The number of ether oxygens (including phenoxy) is 1. The van der Waals surface area contributed by atoms with Crippen LogP contribution in [0, 0.1) is 13.8 Å². The van der Waals surface area contributed by atoms with Gasteiger partial charge in [-0.15, -0.1) is 35.3 Å². The maximum Gasteiger partial charge on any atom is 0.350 e. The summed E-state index contributed by atoms with van der Waals surface area (Å²) in [7, 11) is 1.71. The second-order valence-corrected chi connectivity index (χ2v) is 7.88. The van der Waals surface area contributed by atoms with E-state index in [4.69, 9.17) is 4.74 Å². The molecule has 0 aliphatic carbocycles. The molecular weight excluding hydrogens is 541 g/mol. The maximum absolute atomic E-state index is 12.0. The van der Waals surface area contributed by atoms with Gasteiger partial charge in [-0.3, -0.25) is 9.56 Å². The summed E-state index contributed by atoms with van der Waals surface area (Å²) >= 11 is 1.34. The zero-order chi connectivity index (χ0) is 22.4. The Balaban J connectivity index is 0.00000363. The molecule has 11 heteroatoms. The number of carbonyl (C=O) groups is 1. The Hall–Kier alpha value is -2.54. The number of guanidine groups is 1. The first-order valence-electron chi connectivity index (χ1n) is 9.99. The number of imidazole rings is 1. The zero-order valence-electron chi connectivity index (χ0n) is 18.7. The monoisotopic (exact) mass is 569 g/mol. The third kappa shape index (κ3) is 6.25. The smallest absolute Gasteiger partial charge is 0.350 e. The molecule has 3 rings (SSSR count). The van der Waals surface area contributed by atoms with Gasteiger partial charge in [-0.05, 0) is 39.3 Å². The summed E-state index contributed by atoms with van der Waals surface area (Å²) in [6.45, 7) is 8.42. The minimum Gasteiger partial charge on any atom is -0.462 e. The largest absolute Gasteiger partial charge is 0.462 e. The van der Waals surface area contributed by atoms with Crippen molar-refractivity contribution >= 4 is 47.2 Å². The van der Waals surface area contributed by atoms with E-state index in [1.54, 1.807) is 20.2 Å². The van der Waals surface area contributed by atoms with Gasteiger partial charge in [-0.1, -0.05) is 6.07 Å². The minimum atomic E-state index is -0.333. The van der Waals surface area contributed by atoms with Crippen LogP contribution < -0.4 is 10.6 Å². The predicted molar refractivity (Wildman–Crippen MR) is 136 cm³/mol. The van der Waals surface area contributed by atoms with Crippen molar-refractivity contribution in [3.8, 4) is 5.82 Å². The van der Waals surface area contributed by atoms with Crippen LogP contribution in [0.25, 0.3) is 5.82 Å². The van der Waals surface area contributed by atoms with E-state index in [0.717, 1.165) is 22.2 Å². The number of rotatable bonds is 7. The summed E-state index contributed by atoms with van der Waals surface area (Å²) in [5.41, 5.74) is 1.70. The van der Waals surface area contributed by atoms with Crippen molar-refractivity contribution in [1.82, 2.24) is 30.2 Å². The molecule has 0 bridgehead atoms. The van der Waals surface area contributed by atoms with Gasteiger partial charge in [0.2, 0.25) is 0 Å². The fourth-order valence-electron chi connectivity index (χ4n) is 2.92. The third-order valence-electron chi connectivity index (χ3n) is 4.56. The highest BCUT2D eigenvalue weighted by molar-refractivity contribution is 14.0. The van der Waals surface area contributed by atoms with Gasteiger partial charge < -0.3 is 15.4 Å². The maximum atomic E-state index is 12.0. The van der Waals surface area contributed by atoms with Crippen LogP contribution in [-0.2, 0) is 11.3 Å². The lowest BCUT2D eigenvalue weighted by Crippen LogP contribution is -2.38. The van der Waals surface area contributed by atoms with E-state index >= 15 is 0 Å². The number of aryl methyl sites for hydroxylation is 2. The Labute approximate surface area is 208 Å². The summed E-state index contributed by atoms with van der Waals surface area (Å²) < 4.78 is 7.02. The Kier molecular flexibility index (Phi) is 9.57. The molecule has 0 aromatic carbocycles. The molecule has 0 amide bonds. The first-order chi connectivity index (χ1) is 14.9. The van der Waals surface area contributed by atoms with Crippen LogP contribution in [0.3, 0.4) is 0 Å². The summed E-state index contributed by atoms with van der Waals surface area (Å²) in [5.74, 6) is 2.01. The Morgan fingerprint density at radius 2 is 2.09 bits per heavy atom. The number of hydrogen-bond acceptors (Lipinski definition) is 7. The minimum absolute atomic E-state index is 0. The van der Waals surface area contributed by atoms with Gasteiger partial charge in [-0.2, -0.15) is 0 Å². The summed E-state index contributed by atoms with van der Waals surface area (Å²) in [5, 5.41) is 7.39. The van der Waals surface area contributed by atoms with Gasteiger partial charge in [0, 0.05) is 32.2 Å². The van der Waals surface area contributed by atoms with E-state index in [-0.39, 0.29) is 36.0 Å². The second-order valence-electron chi connectivity index (χ2n) is 6.85. The SMILES string of the molecule is CCOC(=O)c1sc(C(C)NC(=NC)NCc2ccc(-n3ccnc3C)nc2)nc1C.I. The van der Waals surface area contributed by atoms with Crippen LogP contribution in [0.1, 0.15) is 51.7 Å². The molecule has 0 spiro atoms. The number of nitrogens with zero attached hydrogens (tertiary/aromatic N) is 5. The Morgan fingerprint density at radius 1 is 1.31 bits per heavy atom. The molecule has 172 valence electrons. The van der Waals surface area contributed by atoms with Gasteiger partial charge in [0.1, 0.15) is 21.5 Å². The van der Waals surface area contributed by atoms with E-state index in [9.17, 15) is 4.79 Å². The number of aliphatic imine (C=N–C) groups is 1. The van der Waals surface area contributed by atoms with E-state index < -0.39 is 0 Å². The number of thiazole rings is 1. The van der Waals surface area contributed by atoms with Crippen LogP contribution in [0.15, 0.2) is 35.7 Å². The van der Waals surface area contributed by atoms with Crippen molar-refractivity contribution in [1.29, 1.82) is 0 Å². The van der Waals surface area contributed by atoms with Crippen LogP contribution in [0.4, 0.5) is 0 Å². The summed E-state index contributed by atoms with van der Waals surface area (Å²) in [6, 6.07) is 3.85. The predicted octanol–water partition coefficient (Wildman–Crippen LogP) is 3.56. The summed E-state index contributed by atoms with van der Waals surface area (Å²) in [6.07, 6.45) is 5.47. The standard InChI is InChI=1S/C21H27N7O2S.HI/c1-6-30-20(29)18-13(2)26-19(31-18)14(3)27-21(22-5)25-12-16-7-8-17(24-11-16)28-10-9-23-15(28)4;/h7-11,14H,6,12H2,1-5H3,(H2,22,25,27);1H. The molecule has 9 nitrogen and oxygen atoms in total. The Bertz CT molecular complexity index is 1060.